The minimum Gasteiger partial charge on any atom is -0.0853 e. The van der Waals surface area contributed by atoms with Gasteiger partial charge in [0, 0.05) is 0 Å². The van der Waals surface area contributed by atoms with Crippen LogP contribution >= 0.6 is 0 Å². The van der Waals surface area contributed by atoms with Crippen LogP contribution in [0.25, 0.3) is 0 Å². The normalized spacial score (nSPS) is 34.3. The lowest BCUT2D eigenvalue weighted by molar-refractivity contribution is 0.682. The summed E-state index contributed by atoms with van der Waals surface area (Å²) in [5.41, 5.74) is 3.22. The van der Waals surface area contributed by atoms with Gasteiger partial charge in [0.15, 0.2) is 0 Å². The van der Waals surface area contributed by atoms with Crippen molar-refractivity contribution in [1.82, 2.24) is 0 Å². The zero-order chi connectivity index (χ0) is 9.26. The van der Waals surface area contributed by atoms with E-state index in [1.165, 1.54) is 32.1 Å². The summed E-state index contributed by atoms with van der Waals surface area (Å²) in [5, 5.41) is 0. The van der Waals surface area contributed by atoms with Crippen molar-refractivity contribution in [2.45, 2.75) is 46.0 Å². The van der Waals surface area contributed by atoms with Crippen LogP contribution in [0.4, 0.5) is 0 Å². The van der Waals surface area contributed by atoms with Gasteiger partial charge in [-0.1, -0.05) is 23.3 Å². The minimum absolute atomic E-state index is 0.950. The van der Waals surface area contributed by atoms with Gasteiger partial charge in [-0.05, 0) is 57.8 Å². The first-order chi connectivity index (χ1) is 6.25. The molecule has 0 amide bonds. The second-order valence-electron chi connectivity index (χ2n) is 4.80. The van der Waals surface area contributed by atoms with Gasteiger partial charge < -0.3 is 0 Å². The monoisotopic (exact) mass is 176 g/mol. The van der Waals surface area contributed by atoms with Crippen LogP contribution in [0.3, 0.4) is 0 Å². The molecule has 1 fully saturated rings. The molecule has 0 radical (unpaired) electrons. The third-order valence-corrected chi connectivity index (χ3v) is 3.42. The summed E-state index contributed by atoms with van der Waals surface area (Å²) in [6, 6.07) is 0. The van der Waals surface area contributed by atoms with Gasteiger partial charge in [-0.3, -0.25) is 0 Å². The van der Waals surface area contributed by atoms with Gasteiger partial charge in [0.25, 0.3) is 0 Å². The van der Waals surface area contributed by atoms with Gasteiger partial charge in [0.2, 0.25) is 0 Å². The van der Waals surface area contributed by atoms with Crippen LogP contribution in [-0.2, 0) is 0 Å². The summed E-state index contributed by atoms with van der Waals surface area (Å²) in [7, 11) is 0. The molecule has 0 nitrogen and oxygen atoms in total. The van der Waals surface area contributed by atoms with E-state index in [-0.39, 0.29) is 0 Å². The molecular weight excluding hydrogens is 156 g/mol. The highest BCUT2D eigenvalue weighted by molar-refractivity contribution is 5.12. The van der Waals surface area contributed by atoms with Crippen molar-refractivity contribution >= 4 is 0 Å². The first-order valence-corrected chi connectivity index (χ1v) is 5.58. The standard InChI is InChI=1S/C13H20/c1-10-4-3-5-11(2)8-13-9-12(13)7-6-10/h4,8,12-13H,3,5-7,9H2,1-2H3. The molecule has 0 heteroatoms. The van der Waals surface area contributed by atoms with Crippen LogP contribution < -0.4 is 0 Å². The maximum absolute atomic E-state index is 2.53. The maximum atomic E-state index is 2.53. The highest BCUT2D eigenvalue weighted by Crippen LogP contribution is 2.44. The van der Waals surface area contributed by atoms with E-state index in [4.69, 9.17) is 0 Å². The molecule has 0 heterocycles. The van der Waals surface area contributed by atoms with Crippen molar-refractivity contribution in [2.75, 3.05) is 0 Å². The summed E-state index contributed by atoms with van der Waals surface area (Å²) in [5.74, 6) is 1.97. The van der Waals surface area contributed by atoms with E-state index in [1.807, 2.05) is 0 Å². The zero-order valence-electron chi connectivity index (χ0n) is 8.84. The predicted molar refractivity (Wildman–Crippen MR) is 57.6 cm³/mol. The molecule has 0 aromatic rings. The third-order valence-electron chi connectivity index (χ3n) is 3.42. The highest BCUT2D eigenvalue weighted by Gasteiger charge is 2.34. The van der Waals surface area contributed by atoms with Gasteiger partial charge in [-0.2, -0.15) is 0 Å². The molecule has 0 aliphatic heterocycles. The molecule has 2 unspecified atom stereocenters. The third kappa shape index (κ3) is 2.46. The second-order valence-corrected chi connectivity index (χ2v) is 4.80. The Hall–Kier alpha value is -0.520. The molecular formula is C13H20. The first-order valence-electron chi connectivity index (χ1n) is 5.58. The second kappa shape index (κ2) is 3.69. The Morgan fingerprint density at radius 2 is 2.00 bits per heavy atom. The maximum Gasteiger partial charge on any atom is -0.0199 e. The van der Waals surface area contributed by atoms with Crippen molar-refractivity contribution in [3.63, 3.8) is 0 Å². The molecule has 2 aliphatic carbocycles. The molecule has 0 spiro atoms. The number of hydrogen-bond acceptors (Lipinski definition) is 0. The molecule has 2 aliphatic rings. The fourth-order valence-electron chi connectivity index (χ4n) is 2.32. The van der Waals surface area contributed by atoms with Gasteiger partial charge in [0.05, 0.1) is 0 Å². The van der Waals surface area contributed by atoms with Crippen molar-refractivity contribution in [3.8, 4) is 0 Å². The van der Waals surface area contributed by atoms with E-state index in [1.54, 1.807) is 11.1 Å². The largest absolute Gasteiger partial charge is 0.0853 e. The molecule has 13 heavy (non-hydrogen) atoms. The average molecular weight is 176 g/mol. The fraction of sp³-hybridized carbons (Fsp3) is 0.692. The van der Waals surface area contributed by atoms with E-state index < -0.39 is 0 Å². The van der Waals surface area contributed by atoms with Crippen LogP contribution in [0.5, 0.6) is 0 Å². The summed E-state index contributed by atoms with van der Waals surface area (Å²) in [6.07, 6.45) is 11.7. The molecule has 2 atom stereocenters. The Kier molecular flexibility index (Phi) is 2.57. The molecule has 2 rings (SSSR count). The molecule has 0 aromatic heterocycles. The van der Waals surface area contributed by atoms with Crippen LogP contribution in [0.15, 0.2) is 23.3 Å². The summed E-state index contributed by atoms with van der Waals surface area (Å²) in [6.45, 7) is 4.58. The lowest BCUT2D eigenvalue weighted by atomic mass is 10.0. The smallest absolute Gasteiger partial charge is 0.0199 e. The van der Waals surface area contributed by atoms with Crippen LogP contribution in [0, 0.1) is 11.8 Å². The van der Waals surface area contributed by atoms with Crippen LogP contribution in [-0.4, -0.2) is 0 Å². The van der Waals surface area contributed by atoms with Crippen molar-refractivity contribution in [1.29, 1.82) is 0 Å². The Morgan fingerprint density at radius 1 is 1.15 bits per heavy atom. The summed E-state index contributed by atoms with van der Waals surface area (Å²) < 4.78 is 0. The molecule has 0 saturated heterocycles. The Balaban J connectivity index is 2.01. The summed E-state index contributed by atoms with van der Waals surface area (Å²) in [4.78, 5) is 0. The number of rotatable bonds is 0. The Labute approximate surface area is 81.7 Å². The van der Waals surface area contributed by atoms with Crippen molar-refractivity contribution < 1.29 is 0 Å². The molecule has 0 bridgehead atoms. The minimum atomic E-state index is 0.950. The molecule has 0 N–H and O–H groups in total. The molecule has 1 saturated carbocycles. The highest BCUT2D eigenvalue weighted by atomic mass is 14.4. The summed E-state index contributed by atoms with van der Waals surface area (Å²) >= 11 is 0. The van der Waals surface area contributed by atoms with Gasteiger partial charge >= 0.3 is 0 Å². The van der Waals surface area contributed by atoms with Crippen molar-refractivity contribution in [2.24, 2.45) is 11.8 Å². The first kappa shape index (κ1) is 9.05. The topological polar surface area (TPSA) is 0 Å². The average Bonchev–Trinajstić information content (AvgIpc) is 2.80. The number of allylic oxidation sites excluding steroid dienone is 4. The SMILES string of the molecule is CC1=CC2CC2CCC(C)=CCC1. The van der Waals surface area contributed by atoms with E-state index in [9.17, 15) is 0 Å². The van der Waals surface area contributed by atoms with Crippen LogP contribution in [0.1, 0.15) is 46.0 Å². The van der Waals surface area contributed by atoms with E-state index in [2.05, 4.69) is 26.0 Å². The van der Waals surface area contributed by atoms with Gasteiger partial charge in [0.1, 0.15) is 0 Å². The predicted octanol–water partition coefficient (Wildman–Crippen LogP) is 4.09. The lowest BCUT2D eigenvalue weighted by Crippen LogP contribution is -1.88. The van der Waals surface area contributed by atoms with Crippen LogP contribution in [0.2, 0.25) is 0 Å². The molecule has 72 valence electrons. The fourth-order valence-corrected chi connectivity index (χ4v) is 2.32. The van der Waals surface area contributed by atoms with E-state index in [0.717, 1.165) is 11.8 Å². The Morgan fingerprint density at radius 3 is 2.85 bits per heavy atom. The van der Waals surface area contributed by atoms with Crippen molar-refractivity contribution in [3.05, 3.63) is 23.3 Å². The van der Waals surface area contributed by atoms with E-state index >= 15 is 0 Å². The quantitative estimate of drug-likeness (QED) is 0.488. The zero-order valence-corrected chi connectivity index (χ0v) is 8.84. The molecule has 0 aromatic carbocycles. The van der Waals surface area contributed by atoms with Gasteiger partial charge in [-0.25, -0.2) is 0 Å². The number of hydrogen-bond donors (Lipinski definition) is 0. The Bertz CT molecular complexity index is 245. The number of fused-ring (bicyclic) bond motifs is 1. The lowest BCUT2D eigenvalue weighted by Gasteiger charge is -2.05. The van der Waals surface area contributed by atoms with E-state index in [0.29, 0.717) is 0 Å². The van der Waals surface area contributed by atoms with Gasteiger partial charge in [-0.15, -0.1) is 0 Å².